The molecule has 0 aliphatic carbocycles. The predicted molar refractivity (Wildman–Crippen MR) is 162 cm³/mol. The summed E-state index contributed by atoms with van der Waals surface area (Å²) in [5.74, 6) is -1.04. The molecule has 0 aromatic heterocycles. The maximum absolute atomic E-state index is 14.0. The highest BCUT2D eigenvalue weighted by molar-refractivity contribution is 7.92. The highest BCUT2D eigenvalue weighted by atomic mass is 35.5. The van der Waals surface area contributed by atoms with Gasteiger partial charge in [0.1, 0.15) is 12.6 Å². The molecule has 0 heterocycles. The molecule has 0 aliphatic heterocycles. The molecule has 0 bridgehead atoms. The minimum Gasteiger partial charge on any atom is -0.352 e. The summed E-state index contributed by atoms with van der Waals surface area (Å²) in [6.07, 6.45) is 0.688. The Hall–Kier alpha value is -2.49. The van der Waals surface area contributed by atoms with Gasteiger partial charge >= 0.3 is 0 Å². The molecule has 2 atom stereocenters. The predicted octanol–water partition coefficient (Wildman–Crippen LogP) is 6.83. The van der Waals surface area contributed by atoms with Gasteiger partial charge in [0.05, 0.1) is 15.6 Å². The van der Waals surface area contributed by atoms with Gasteiger partial charge in [0.25, 0.3) is 10.0 Å². The number of nitrogens with one attached hydrogen (secondary N) is 1. The normalized spacial score (nSPS) is 12.9. The minimum atomic E-state index is -4.26. The second-order valence-electron chi connectivity index (χ2n) is 9.17. The lowest BCUT2D eigenvalue weighted by molar-refractivity contribution is -0.139. The third-order valence-corrected chi connectivity index (χ3v) is 9.21. The highest BCUT2D eigenvalue weighted by Gasteiger charge is 2.33. The van der Waals surface area contributed by atoms with Crippen molar-refractivity contribution >= 4 is 73.9 Å². The van der Waals surface area contributed by atoms with E-state index in [-0.39, 0.29) is 28.2 Å². The van der Waals surface area contributed by atoms with Crippen LogP contribution < -0.4 is 9.62 Å². The average Bonchev–Trinajstić information content (AvgIpc) is 2.91. The molecule has 7 nitrogen and oxygen atoms in total. The molecule has 12 heteroatoms. The molecule has 0 radical (unpaired) electrons. The number of halogens is 4. The molecule has 0 saturated carbocycles. The first-order chi connectivity index (χ1) is 18.8. The third-order valence-electron chi connectivity index (χ3n) is 6.31. The van der Waals surface area contributed by atoms with Gasteiger partial charge in [-0.1, -0.05) is 77.6 Å². The number of amides is 2. The molecule has 1 N–H and O–H groups in total. The molecule has 0 fully saturated rings. The van der Waals surface area contributed by atoms with Gasteiger partial charge in [0, 0.05) is 27.7 Å². The van der Waals surface area contributed by atoms with Crippen LogP contribution in [0.25, 0.3) is 0 Å². The Morgan fingerprint density at radius 1 is 0.875 bits per heavy atom. The van der Waals surface area contributed by atoms with Crippen LogP contribution in [-0.4, -0.2) is 43.8 Å². The van der Waals surface area contributed by atoms with E-state index in [4.69, 9.17) is 46.4 Å². The molecule has 3 aromatic rings. The fourth-order valence-corrected chi connectivity index (χ4v) is 6.28. The monoisotopic (exact) mass is 643 g/mol. The van der Waals surface area contributed by atoms with Crippen molar-refractivity contribution in [1.29, 1.82) is 0 Å². The van der Waals surface area contributed by atoms with Crippen LogP contribution in [0.3, 0.4) is 0 Å². The van der Waals surface area contributed by atoms with E-state index in [0.717, 1.165) is 4.31 Å². The summed E-state index contributed by atoms with van der Waals surface area (Å²) in [4.78, 5) is 28.3. The molecular weight excluding hydrogens is 616 g/mol. The van der Waals surface area contributed by atoms with E-state index >= 15 is 0 Å². The van der Waals surface area contributed by atoms with E-state index in [9.17, 15) is 18.0 Å². The van der Waals surface area contributed by atoms with E-state index < -0.39 is 34.4 Å². The number of nitrogens with zero attached hydrogens (tertiary/aromatic N) is 2. The van der Waals surface area contributed by atoms with Crippen LogP contribution >= 0.6 is 46.4 Å². The average molecular weight is 645 g/mol. The van der Waals surface area contributed by atoms with Gasteiger partial charge in [-0.15, -0.1) is 0 Å². The van der Waals surface area contributed by atoms with Crippen LogP contribution in [-0.2, 0) is 26.2 Å². The van der Waals surface area contributed by atoms with Crippen LogP contribution in [0.4, 0.5) is 5.69 Å². The number of anilines is 1. The number of hydrogen-bond acceptors (Lipinski definition) is 4. The van der Waals surface area contributed by atoms with Crippen LogP contribution in [0, 0.1) is 0 Å². The van der Waals surface area contributed by atoms with E-state index in [1.165, 1.54) is 41.3 Å². The Labute approximate surface area is 255 Å². The van der Waals surface area contributed by atoms with Gasteiger partial charge in [0.15, 0.2) is 0 Å². The van der Waals surface area contributed by atoms with Gasteiger partial charge < -0.3 is 10.2 Å². The molecule has 214 valence electrons. The summed E-state index contributed by atoms with van der Waals surface area (Å²) in [6.45, 7) is 4.63. The Bertz CT molecular complexity index is 1470. The van der Waals surface area contributed by atoms with Crippen LogP contribution in [0.5, 0.6) is 0 Å². The highest BCUT2D eigenvalue weighted by Crippen LogP contribution is 2.33. The summed E-state index contributed by atoms with van der Waals surface area (Å²) < 4.78 is 28.5. The first kappa shape index (κ1) is 32.0. The number of hydrogen-bond donors (Lipinski definition) is 1. The van der Waals surface area contributed by atoms with Crippen LogP contribution in [0.15, 0.2) is 71.6 Å². The fraction of sp³-hybridized carbons (Fsp3) is 0.286. The Morgan fingerprint density at radius 2 is 1.48 bits per heavy atom. The van der Waals surface area contributed by atoms with E-state index in [1.807, 2.05) is 13.8 Å². The first-order valence-corrected chi connectivity index (χ1v) is 15.4. The van der Waals surface area contributed by atoms with Crippen molar-refractivity contribution in [3.8, 4) is 0 Å². The molecule has 2 amide bonds. The number of rotatable bonds is 11. The Morgan fingerprint density at radius 3 is 2.05 bits per heavy atom. The van der Waals surface area contributed by atoms with Crippen LogP contribution in [0.2, 0.25) is 20.1 Å². The SMILES string of the molecule is CC[C@H](C)NC(=O)[C@@H](C)N(Cc1ccc(Cl)cc1Cl)C(=O)CN(c1ccc(Cl)cc1Cl)S(=O)(=O)c1ccccc1. The zero-order chi connectivity index (χ0) is 29.6. The van der Waals surface area contributed by atoms with Crippen molar-refractivity contribution in [2.24, 2.45) is 0 Å². The lowest BCUT2D eigenvalue weighted by atomic mass is 10.1. The first-order valence-electron chi connectivity index (χ1n) is 12.4. The molecular formula is C28H29Cl4N3O4S. The van der Waals surface area contributed by atoms with E-state index in [1.54, 1.807) is 37.3 Å². The second-order valence-corrected chi connectivity index (χ2v) is 12.7. The maximum atomic E-state index is 14.0. The van der Waals surface area contributed by atoms with Gasteiger partial charge in [0.2, 0.25) is 11.8 Å². The molecule has 3 rings (SSSR count). The lowest BCUT2D eigenvalue weighted by Gasteiger charge is -2.33. The van der Waals surface area contributed by atoms with Gasteiger partial charge in [-0.2, -0.15) is 0 Å². The summed E-state index contributed by atoms with van der Waals surface area (Å²) >= 11 is 24.9. The number of carbonyl (C=O) groups is 2. The zero-order valence-electron chi connectivity index (χ0n) is 22.1. The third kappa shape index (κ3) is 7.83. The van der Waals surface area contributed by atoms with Gasteiger partial charge in [-0.05, 0) is 68.3 Å². The maximum Gasteiger partial charge on any atom is 0.264 e. The molecule has 0 spiro atoms. The number of sulfonamides is 1. The summed E-state index contributed by atoms with van der Waals surface area (Å²) in [6, 6.07) is 15.7. The van der Waals surface area contributed by atoms with Crippen molar-refractivity contribution in [3.05, 3.63) is 92.4 Å². The standard InChI is InChI=1S/C28H29Cl4N3O4S/c1-4-18(2)33-28(37)19(3)34(16-20-10-11-21(29)14-24(20)31)27(36)17-35(26-13-12-22(30)15-25(26)32)40(38,39)23-8-6-5-7-9-23/h5-15,18-19H,4,16-17H2,1-3H3,(H,33,37)/t18-,19+/m0/s1. The van der Waals surface area contributed by atoms with Crippen LogP contribution in [0.1, 0.15) is 32.8 Å². The zero-order valence-corrected chi connectivity index (χ0v) is 25.9. The molecule has 0 aliphatic rings. The van der Waals surface area contributed by atoms with E-state index in [0.29, 0.717) is 27.1 Å². The minimum absolute atomic E-state index is 0.0367. The van der Waals surface area contributed by atoms with Crippen molar-refractivity contribution in [1.82, 2.24) is 10.2 Å². The lowest BCUT2D eigenvalue weighted by Crippen LogP contribution is -2.52. The summed E-state index contributed by atoms with van der Waals surface area (Å²) in [7, 11) is -4.26. The van der Waals surface area contributed by atoms with Crippen molar-refractivity contribution in [2.45, 2.75) is 50.7 Å². The quantitative estimate of drug-likeness (QED) is 0.248. The smallest absolute Gasteiger partial charge is 0.264 e. The summed E-state index contributed by atoms with van der Waals surface area (Å²) in [5.41, 5.74) is 0.592. The number of carbonyl (C=O) groups excluding carboxylic acids is 2. The topological polar surface area (TPSA) is 86.8 Å². The second kappa shape index (κ2) is 13.9. The molecule has 40 heavy (non-hydrogen) atoms. The Balaban J connectivity index is 2.07. The summed E-state index contributed by atoms with van der Waals surface area (Å²) in [5, 5.41) is 3.92. The fourth-order valence-electron chi connectivity index (χ4n) is 3.80. The largest absolute Gasteiger partial charge is 0.352 e. The van der Waals surface area contributed by atoms with Gasteiger partial charge in [-0.3, -0.25) is 13.9 Å². The molecule has 3 aromatic carbocycles. The van der Waals surface area contributed by atoms with E-state index in [2.05, 4.69) is 5.32 Å². The molecule has 0 unspecified atom stereocenters. The Kier molecular flexibility index (Phi) is 11.1. The van der Waals surface area contributed by atoms with Crippen molar-refractivity contribution in [3.63, 3.8) is 0 Å². The molecule has 0 saturated heterocycles. The van der Waals surface area contributed by atoms with Gasteiger partial charge in [-0.25, -0.2) is 8.42 Å². The van der Waals surface area contributed by atoms with Crippen molar-refractivity contribution < 1.29 is 18.0 Å². The van der Waals surface area contributed by atoms with Crippen molar-refractivity contribution in [2.75, 3.05) is 10.8 Å². The number of benzene rings is 3.